The van der Waals surface area contributed by atoms with Gasteiger partial charge in [-0.1, -0.05) is 0 Å². The molecule has 0 aromatic carbocycles. The molecule has 0 aliphatic carbocycles. The van der Waals surface area contributed by atoms with E-state index in [1.54, 1.807) is 0 Å². The molecule has 0 spiro atoms. The molecule has 0 saturated carbocycles. The van der Waals surface area contributed by atoms with Crippen molar-refractivity contribution in [3.05, 3.63) is 0 Å². The van der Waals surface area contributed by atoms with E-state index in [0.717, 1.165) is 6.92 Å². The van der Waals surface area contributed by atoms with Gasteiger partial charge in [-0.15, -0.1) is 0 Å². The Hall–Kier alpha value is -0.620. The van der Waals surface area contributed by atoms with Crippen LogP contribution >= 0.6 is 0 Å². The largest absolute Gasteiger partial charge is 0.373 e. The fourth-order valence-corrected chi connectivity index (χ4v) is 0.0299. The van der Waals surface area contributed by atoms with Crippen molar-refractivity contribution in [2.24, 2.45) is 0 Å². The Balaban J connectivity index is 3.66. The molecule has 0 amide bonds. The highest BCUT2D eigenvalue weighted by atomic mass is 19.1. The number of aliphatic hydroxyl groups is 1. The molecular formula is C4H6FNO. The van der Waals surface area contributed by atoms with Gasteiger partial charge in [-0.25, -0.2) is 4.39 Å². The van der Waals surface area contributed by atoms with Gasteiger partial charge in [0.15, 0.2) is 5.60 Å². The molecule has 0 heterocycles. The van der Waals surface area contributed by atoms with E-state index in [9.17, 15) is 4.39 Å². The monoisotopic (exact) mass is 103 g/mol. The third-order valence-electron chi connectivity index (χ3n) is 0.501. The van der Waals surface area contributed by atoms with Gasteiger partial charge in [0.05, 0.1) is 6.07 Å². The SMILES string of the molecule is CC(O)(C#N)CF. The van der Waals surface area contributed by atoms with Crippen LogP contribution in [0.15, 0.2) is 0 Å². The first-order chi connectivity index (χ1) is 3.12. The van der Waals surface area contributed by atoms with E-state index in [1.807, 2.05) is 0 Å². The predicted octanol–water partition coefficient (Wildman–Crippen LogP) is 0.230. The summed E-state index contributed by atoms with van der Waals surface area (Å²) in [4.78, 5) is 0. The van der Waals surface area contributed by atoms with Gasteiger partial charge >= 0.3 is 0 Å². The van der Waals surface area contributed by atoms with Crippen LogP contribution in [0, 0.1) is 11.3 Å². The summed E-state index contributed by atoms with van der Waals surface area (Å²) >= 11 is 0. The van der Waals surface area contributed by atoms with Gasteiger partial charge in [0.25, 0.3) is 0 Å². The van der Waals surface area contributed by atoms with Gasteiger partial charge in [-0.05, 0) is 6.92 Å². The number of nitrogens with zero attached hydrogens (tertiary/aromatic N) is 1. The molecule has 0 saturated heterocycles. The highest BCUT2D eigenvalue weighted by Gasteiger charge is 2.17. The summed E-state index contributed by atoms with van der Waals surface area (Å²) in [6.07, 6.45) is 0. The molecule has 0 aromatic heterocycles. The lowest BCUT2D eigenvalue weighted by atomic mass is 10.2. The summed E-state index contributed by atoms with van der Waals surface area (Å²) in [5, 5.41) is 16.2. The number of hydrogen-bond acceptors (Lipinski definition) is 2. The summed E-state index contributed by atoms with van der Waals surface area (Å²) < 4.78 is 11.3. The number of halogens is 1. The average Bonchev–Trinajstić information content (AvgIpc) is 1.68. The summed E-state index contributed by atoms with van der Waals surface area (Å²) in [5.41, 5.74) is -1.78. The van der Waals surface area contributed by atoms with E-state index in [2.05, 4.69) is 0 Å². The number of hydrogen-bond donors (Lipinski definition) is 1. The molecule has 0 fully saturated rings. The zero-order valence-electron chi connectivity index (χ0n) is 3.98. The lowest BCUT2D eigenvalue weighted by Gasteiger charge is -2.04. The van der Waals surface area contributed by atoms with Crippen LogP contribution in [0.25, 0.3) is 0 Å². The zero-order chi connectivity index (χ0) is 5.91. The molecular weight excluding hydrogens is 97.0 g/mol. The third kappa shape index (κ3) is 2.12. The Morgan fingerprint density at radius 2 is 2.43 bits per heavy atom. The molecule has 1 atom stereocenters. The fraction of sp³-hybridized carbons (Fsp3) is 0.750. The van der Waals surface area contributed by atoms with E-state index in [4.69, 9.17) is 10.4 Å². The van der Waals surface area contributed by atoms with Crippen LogP contribution in [-0.2, 0) is 0 Å². The first kappa shape index (κ1) is 6.38. The van der Waals surface area contributed by atoms with E-state index >= 15 is 0 Å². The van der Waals surface area contributed by atoms with Gasteiger partial charge in [-0.2, -0.15) is 5.26 Å². The van der Waals surface area contributed by atoms with E-state index in [0.29, 0.717) is 0 Å². The minimum absolute atomic E-state index is 1.01. The van der Waals surface area contributed by atoms with Crippen molar-refractivity contribution < 1.29 is 9.50 Å². The van der Waals surface area contributed by atoms with Crippen LogP contribution < -0.4 is 0 Å². The van der Waals surface area contributed by atoms with Crippen molar-refractivity contribution in [2.75, 3.05) is 6.67 Å². The van der Waals surface area contributed by atoms with Crippen LogP contribution in [0.4, 0.5) is 4.39 Å². The van der Waals surface area contributed by atoms with Crippen molar-refractivity contribution in [1.29, 1.82) is 5.26 Å². The van der Waals surface area contributed by atoms with Crippen LogP contribution in [0.1, 0.15) is 6.92 Å². The first-order valence-electron chi connectivity index (χ1n) is 1.82. The molecule has 1 unspecified atom stereocenters. The van der Waals surface area contributed by atoms with Gasteiger partial charge in [0, 0.05) is 0 Å². The van der Waals surface area contributed by atoms with Crippen molar-refractivity contribution >= 4 is 0 Å². The number of alkyl halides is 1. The quantitative estimate of drug-likeness (QED) is 0.483. The minimum Gasteiger partial charge on any atom is -0.373 e. The fourth-order valence-electron chi connectivity index (χ4n) is 0.0299. The summed E-state index contributed by atoms with van der Waals surface area (Å²) in [7, 11) is 0. The summed E-state index contributed by atoms with van der Waals surface area (Å²) in [6, 6.07) is 1.37. The van der Waals surface area contributed by atoms with Crippen LogP contribution in [-0.4, -0.2) is 17.4 Å². The molecule has 0 aliphatic rings. The Labute approximate surface area is 41.2 Å². The summed E-state index contributed by atoms with van der Waals surface area (Å²) in [5.74, 6) is 0. The summed E-state index contributed by atoms with van der Waals surface area (Å²) in [6.45, 7) is 0.108. The van der Waals surface area contributed by atoms with E-state index < -0.39 is 12.3 Å². The molecule has 0 rings (SSSR count). The Kier molecular flexibility index (Phi) is 1.73. The maximum atomic E-state index is 11.3. The highest BCUT2D eigenvalue weighted by Crippen LogP contribution is 1.98. The highest BCUT2D eigenvalue weighted by molar-refractivity contribution is 4.95. The maximum absolute atomic E-state index is 11.3. The lowest BCUT2D eigenvalue weighted by molar-refractivity contribution is 0.0884. The smallest absolute Gasteiger partial charge is 0.176 e. The Morgan fingerprint density at radius 3 is 2.43 bits per heavy atom. The molecule has 0 bridgehead atoms. The average molecular weight is 103 g/mol. The molecule has 7 heavy (non-hydrogen) atoms. The normalized spacial score (nSPS) is 17.4. The number of rotatable bonds is 1. The number of nitriles is 1. The van der Waals surface area contributed by atoms with Crippen molar-refractivity contribution in [3.63, 3.8) is 0 Å². The van der Waals surface area contributed by atoms with Gasteiger partial charge < -0.3 is 5.11 Å². The second-order valence-electron chi connectivity index (χ2n) is 1.52. The van der Waals surface area contributed by atoms with Crippen molar-refractivity contribution in [2.45, 2.75) is 12.5 Å². The van der Waals surface area contributed by atoms with E-state index in [-0.39, 0.29) is 0 Å². The van der Waals surface area contributed by atoms with Crippen molar-refractivity contribution in [1.82, 2.24) is 0 Å². The second kappa shape index (κ2) is 1.90. The predicted molar refractivity (Wildman–Crippen MR) is 22.2 cm³/mol. The molecule has 0 aliphatic heterocycles. The first-order valence-corrected chi connectivity index (χ1v) is 1.82. The van der Waals surface area contributed by atoms with Gasteiger partial charge in [0.1, 0.15) is 6.67 Å². The maximum Gasteiger partial charge on any atom is 0.176 e. The molecule has 40 valence electrons. The van der Waals surface area contributed by atoms with Gasteiger partial charge in [-0.3, -0.25) is 0 Å². The third-order valence-corrected chi connectivity index (χ3v) is 0.501. The minimum atomic E-state index is -1.78. The molecule has 0 radical (unpaired) electrons. The molecule has 3 heteroatoms. The molecule has 2 nitrogen and oxygen atoms in total. The standard InChI is InChI=1S/C4H6FNO/c1-4(7,2-5)3-6/h7H,2H2,1H3. The Bertz CT molecular complexity index is 94.4. The molecule has 0 aromatic rings. The van der Waals surface area contributed by atoms with Crippen LogP contribution in [0.3, 0.4) is 0 Å². The lowest BCUT2D eigenvalue weighted by Crippen LogP contribution is -2.23. The second-order valence-corrected chi connectivity index (χ2v) is 1.52. The molecule has 1 N–H and O–H groups in total. The van der Waals surface area contributed by atoms with Crippen LogP contribution in [0.2, 0.25) is 0 Å². The Morgan fingerprint density at radius 1 is 2.00 bits per heavy atom. The topological polar surface area (TPSA) is 44.0 Å². The van der Waals surface area contributed by atoms with Crippen LogP contribution in [0.5, 0.6) is 0 Å². The van der Waals surface area contributed by atoms with E-state index in [1.165, 1.54) is 6.07 Å². The van der Waals surface area contributed by atoms with Gasteiger partial charge in [0.2, 0.25) is 0 Å². The van der Waals surface area contributed by atoms with Crippen molar-refractivity contribution in [3.8, 4) is 6.07 Å². The zero-order valence-corrected chi connectivity index (χ0v) is 3.98.